The van der Waals surface area contributed by atoms with Crippen LogP contribution >= 0.6 is 0 Å². The van der Waals surface area contributed by atoms with Gasteiger partial charge in [0.05, 0.1) is 23.8 Å². The van der Waals surface area contributed by atoms with E-state index < -0.39 is 0 Å². The third kappa shape index (κ3) is 1.40. The van der Waals surface area contributed by atoms with Crippen molar-refractivity contribution in [3.8, 4) is 0 Å². The van der Waals surface area contributed by atoms with Gasteiger partial charge in [-0.3, -0.25) is 0 Å². The lowest BCUT2D eigenvalue weighted by molar-refractivity contribution is 0.401. The van der Waals surface area contributed by atoms with Crippen LogP contribution in [0.2, 0.25) is 0 Å². The summed E-state index contributed by atoms with van der Waals surface area (Å²) in [6.45, 7) is 3.11. The first-order chi connectivity index (χ1) is 9.29. The molecule has 0 saturated carbocycles. The maximum Gasteiger partial charge on any atom is 0.134 e. The van der Waals surface area contributed by atoms with Gasteiger partial charge in [0.2, 0.25) is 0 Å². The highest BCUT2D eigenvalue weighted by Gasteiger charge is 2.38. The van der Waals surface area contributed by atoms with Gasteiger partial charge < -0.3 is 14.7 Å². The van der Waals surface area contributed by atoms with E-state index in [0.29, 0.717) is 0 Å². The number of imidazole rings is 1. The van der Waals surface area contributed by atoms with Gasteiger partial charge in [-0.1, -0.05) is 18.2 Å². The number of hydrogen-bond donors (Lipinski definition) is 2. The van der Waals surface area contributed by atoms with Crippen LogP contribution in [0.5, 0.6) is 0 Å². The Morgan fingerprint density at radius 3 is 3.16 bits per heavy atom. The van der Waals surface area contributed by atoms with Crippen molar-refractivity contribution in [3.05, 3.63) is 53.8 Å². The Labute approximate surface area is 110 Å². The first-order valence-corrected chi connectivity index (χ1v) is 6.53. The third-order valence-corrected chi connectivity index (χ3v) is 4.07. The average molecular weight is 253 g/mol. The normalized spacial score (nSPS) is 22.6. The largest absolute Gasteiger partial charge is 0.464 e. The number of para-hydroxylation sites is 1. The maximum atomic E-state index is 5.68. The van der Waals surface area contributed by atoms with E-state index >= 15 is 0 Å². The lowest BCUT2D eigenvalue weighted by Gasteiger charge is -2.33. The van der Waals surface area contributed by atoms with E-state index in [4.69, 9.17) is 4.42 Å². The molecule has 0 amide bonds. The van der Waals surface area contributed by atoms with Crippen molar-refractivity contribution < 1.29 is 4.42 Å². The monoisotopic (exact) mass is 253 g/mol. The summed E-state index contributed by atoms with van der Waals surface area (Å²) in [4.78, 5) is 7.75. The van der Waals surface area contributed by atoms with E-state index in [9.17, 15) is 0 Å². The molecule has 0 saturated heterocycles. The number of nitrogens with zero attached hydrogens (tertiary/aromatic N) is 1. The Kier molecular flexibility index (Phi) is 2.11. The molecule has 96 valence electrons. The van der Waals surface area contributed by atoms with Gasteiger partial charge in [0, 0.05) is 29.6 Å². The molecular weight excluding hydrogens is 238 g/mol. The number of benzene rings is 1. The summed E-state index contributed by atoms with van der Waals surface area (Å²) in [5.74, 6) is 0. The predicted molar refractivity (Wildman–Crippen MR) is 73.0 cm³/mol. The molecule has 1 unspecified atom stereocenters. The van der Waals surface area contributed by atoms with Crippen molar-refractivity contribution in [2.45, 2.75) is 18.9 Å². The van der Waals surface area contributed by atoms with Crippen LogP contribution in [0.4, 0.5) is 0 Å². The Bertz CT molecular complexity index is 743. The summed E-state index contributed by atoms with van der Waals surface area (Å²) in [5.41, 5.74) is 4.07. The van der Waals surface area contributed by atoms with Gasteiger partial charge in [-0.05, 0) is 13.0 Å². The number of nitrogens with one attached hydrogen (secondary N) is 2. The second-order valence-corrected chi connectivity index (χ2v) is 5.18. The molecular formula is C15H15N3O. The zero-order chi connectivity index (χ0) is 12.9. The van der Waals surface area contributed by atoms with Crippen molar-refractivity contribution in [1.82, 2.24) is 15.3 Å². The number of aromatic amines is 1. The van der Waals surface area contributed by atoms with Crippen molar-refractivity contribution in [2.75, 3.05) is 6.54 Å². The molecule has 3 heterocycles. The van der Waals surface area contributed by atoms with Crippen molar-refractivity contribution in [2.24, 2.45) is 0 Å². The molecule has 1 aromatic carbocycles. The van der Waals surface area contributed by atoms with Crippen LogP contribution < -0.4 is 5.32 Å². The van der Waals surface area contributed by atoms with E-state index in [1.807, 2.05) is 24.5 Å². The summed E-state index contributed by atoms with van der Waals surface area (Å²) in [6.07, 6.45) is 4.61. The fourth-order valence-electron chi connectivity index (χ4n) is 3.05. The summed E-state index contributed by atoms with van der Waals surface area (Å²) in [6, 6.07) is 8.13. The van der Waals surface area contributed by atoms with E-state index in [0.717, 1.165) is 35.2 Å². The van der Waals surface area contributed by atoms with Crippen molar-refractivity contribution >= 4 is 11.0 Å². The van der Waals surface area contributed by atoms with Gasteiger partial charge in [0.15, 0.2) is 0 Å². The Morgan fingerprint density at radius 2 is 2.21 bits per heavy atom. The highest BCUT2D eigenvalue weighted by Crippen LogP contribution is 2.37. The quantitative estimate of drug-likeness (QED) is 0.700. The third-order valence-electron chi connectivity index (χ3n) is 4.07. The number of furan rings is 1. The number of hydrogen-bond acceptors (Lipinski definition) is 3. The Morgan fingerprint density at radius 1 is 1.32 bits per heavy atom. The molecule has 1 aliphatic heterocycles. The van der Waals surface area contributed by atoms with Crippen LogP contribution in [0.1, 0.15) is 23.9 Å². The number of fused-ring (bicyclic) bond motifs is 2. The molecule has 1 aliphatic rings. The van der Waals surface area contributed by atoms with Crippen LogP contribution in [0.25, 0.3) is 11.0 Å². The molecule has 0 fully saturated rings. The van der Waals surface area contributed by atoms with E-state index in [-0.39, 0.29) is 5.54 Å². The number of rotatable bonds is 1. The molecule has 2 aromatic heterocycles. The molecule has 4 rings (SSSR count). The summed E-state index contributed by atoms with van der Waals surface area (Å²) < 4.78 is 5.68. The predicted octanol–water partition coefficient (Wildman–Crippen LogP) is 2.57. The van der Waals surface area contributed by atoms with Gasteiger partial charge in [0.1, 0.15) is 5.58 Å². The highest BCUT2D eigenvalue weighted by molar-refractivity contribution is 5.82. The lowest BCUT2D eigenvalue weighted by atomic mass is 9.84. The van der Waals surface area contributed by atoms with Crippen LogP contribution in [-0.2, 0) is 12.0 Å². The smallest absolute Gasteiger partial charge is 0.134 e. The SMILES string of the molecule is CC1(c2coc3ccccc23)NCCc2[nH]cnc21. The van der Waals surface area contributed by atoms with Crippen LogP contribution in [0, 0.1) is 0 Å². The van der Waals surface area contributed by atoms with Crippen LogP contribution in [0.15, 0.2) is 41.3 Å². The Balaban J connectivity index is 1.98. The van der Waals surface area contributed by atoms with Gasteiger partial charge in [0.25, 0.3) is 0 Å². The fraction of sp³-hybridized carbons (Fsp3) is 0.267. The second kappa shape index (κ2) is 3.71. The fourth-order valence-corrected chi connectivity index (χ4v) is 3.05. The topological polar surface area (TPSA) is 53.9 Å². The van der Waals surface area contributed by atoms with Crippen molar-refractivity contribution in [1.29, 1.82) is 0 Å². The molecule has 0 spiro atoms. The molecule has 4 nitrogen and oxygen atoms in total. The molecule has 0 bridgehead atoms. The molecule has 3 aromatic rings. The maximum absolute atomic E-state index is 5.68. The summed E-state index contributed by atoms with van der Waals surface area (Å²) >= 11 is 0. The standard InChI is InChI=1S/C15H15N3O/c1-15(14-12(6-7-18-15)16-9-17-14)11-8-19-13-5-3-2-4-10(11)13/h2-5,8-9,18H,6-7H2,1H3,(H,16,17). The minimum absolute atomic E-state index is 0.291. The average Bonchev–Trinajstić information content (AvgIpc) is 3.06. The molecule has 19 heavy (non-hydrogen) atoms. The molecule has 4 heteroatoms. The van der Waals surface area contributed by atoms with Gasteiger partial charge in [-0.25, -0.2) is 4.98 Å². The zero-order valence-electron chi connectivity index (χ0n) is 10.7. The minimum atomic E-state index is -0.291. The van der Waals surface area contributed by atoms with Gasteiger partial charge in [-0.2, -0.15) is 0 Å². The second-order valence-electron chi connectivity index (χ2n) is 5.18. The summed E-state index contributed by atoms with van der Waals surface area (Å²) in [5, 5.41) is 4.74. The molecule has 0 aliphatic carbocycles. The van der Waals surface area contributed by atoms with Crippen LogP contribution in [0.3, 0.4) is 0 Å². The van der Waals surface area contributed by atoms with Crippen LogP contribution in [-0.4, -0.2) is 16.5 Å². The number of H-pyrrole nitrogens is 1. The molecule has 0 radical (unpaired) electrons. The highest BCUT2D eigenvalue weighted by atomic mass is 16.3. The first-order valence-electron chi connectivity index (χ1n) is 6.53. The molecule has 2 N–H and O–H groups in total. The zero-order valence-corrected chi connectivity index (χ0v) is 10.7. The summed E-state index contributed by atoms with van der Waals surface area (Å²) in [7, 11) is 0. The molecule has 1 atom stereocenters. The van der Waals surface area contributed by atoms with E-state index in [2.05, 4.69) is 28.3 Å². The Hall–Kier alpha value is -2.07. The van der Waals surface area contributed by atoms with Crippen molar-refractivity contribution in [3.63, 3.8) is 0 Å². The van der Waals surface area contributed by atoms with E-state index in [1.165, 1.54) is 5.69 Å². The van der Waals surface area contributed by atoms with E-state index in [1.54, 1.807) is 6.33 Å². The first kappa shape index (κ1) is 10.8. The minimum Gasteiger partial charge on any atom is -0.464 e. The van der Waals surface area contributed by atoms with Gasteiger partial charge in [-0.15, -0.1) is 0 Å². The lowest BCUT2D eigenvalue weighted by Crippen LogP contribution is -2.45. The van der Waals surface area contributed by atoms with Gasteiger partial charge >= 0.3 is 0 Å². The number of aromatic nitrogens is 2.